The number of hydrazine groups is 1. The van der Waals surface area contributed by atoms with Gasteiger partial charge in [0.15, 0.2) is 5.11 Å². The van der Waals surface area contributed by atoms with Crippen LogP contribution in [0, 0.1) is 13.8 Å². The number of hydrogen-bond donors (Lipinski definition) is 3. The van der Waals surface area contributed by atoms with Crippen molar-refractivity contribution in [2.24, 2.45) is 0 Å². The molecule has 0 atom stereocenters. The van der Waals surface area contributed by atoms with Crippen LogP contribution in [0.4, 0.5) is 20.3 Å². The third kappa shape index (κ3) is 4.79. The molecule has 8 heteroatoms. The molecule has 5 nitrogen and oxygen atoms in total. The number of para-hydroxylation sites is 1. The number of fused-ring (bicyclic) bond motifs is 1. The first-order valence-corrected chi connectivity index (χ1v) is 8.58. The van der Waals surface area contributed by atoms with E-state index in [0.29, 0.717) is 16.6 Å². The number of halogens is 2. The zero-order chi connectivity index (χ0) is 19.4. The van der Waals surface area contributed by atoms with Gasteiger partial charge in [-0.05, 0) is 67.5 Å². The SMILES string of the molecule is Cc1cc(NNC(=S)Nc2ccc(OC(F)F)cc2)nc2c(C)cccc12. The van der Waals surface area contributed by atoms with Gasteiger partial charge in [-0.2, -0.15) is 8.78 Å². The zero-order valence-corrected chi connectivity index (χ0v) is 15.5. The summed E-state index contributed by atoms with van der Waals surface area (Å²) < 4.78 is 28.6. The van der Waals surface area contributed by atoms with Crippen LogP contribution in [0.5, 0.6) is 5.75 Å². The van der Waals surface area contributed by atoms with E-state index in [4.69, 9.17) is 12.2 Å². The molecule has 1 aromatic heterocycles. The molecule has 140 valence electrons. The summed E-state index contributed by atoms with van der Waals surface area (Å²) in [4.78, 5) is 4.61. The Balaban J connectivity index is 1.62. The number of thiocarbonyl (C=S) groups is 1. The van der Waals surface area contributed by atoms with E-state index in [9.17, 15) is 8.78 Å². The minimum atomic E-state index is -2.85. The molecule has 0 unspecified atom stereocenters. The van der Waals surface area contributed by atoms with E-state index < -0.39 is 6.61 Å². The topological polar surface area (TPSA) is 58.2 Å². The number of rotatable bonds is 5. The average Bonchev–Trinajstić information content (AvgIpc) is 2.62. The lowest BCUT2D eigenvalue weighted by molar-refractivity contribution is -0.0498. The third-order valence-corrected chi connectivity index (χ3v) is 4.09. The van der Waals surface area contributed by atoms with Gasteiger partial charge in [-0.3, -0.25) is 10.9 Å². The van der Waals surface area contributed by atoms with Gasteiger partial charge < -0.3 is 10.1 Å². The first-order valence-electron chi connectivity index (χ1n) is 8.17. The molecule has 0 aliphatic heterocycles. The molecule has 0 spiro atoms. The Morgan fingerprint density at radius 1 is 1.07 bits per heavy atom. The lowest BCUT2D eigenvalue weighted by Gasteiger charge is -2.14. The van der Waals surface area contributed by atoms with Gasteiger partial charge in [-0.25, -0.2) is 4.98 Å². The van der Waals surface area contributed by atoms with Gasteiger partial charge in [0.25, 0.3) is 0 Å². The van der Waals surface area contributed by atoms with Crippen molar-refractivity contribution >= 4 is 39.7 Å². The van der Waals surface area contributed by atoms with E-state index in [1.165, 1.54) is 12.1 Å². The zero-order valence-electron chi connectivity index (χ0n) is 14.7. The Bertz CT molecular complexity index is 964. The molecule has 0 bridgehead atoms. The Hall–Kier alpha value is -3.00. The average molecular weight is 388 g/mol. The highest BCUT2D eigenvalue weighted by Gasteiger charge is 2.06. The monoisotopic (exact) mass is 388 g/mol. The van der Waals surface area contributed by atoms with E-state index in [1.807, 2.05) is 38.1 Å². The molecule has 0 aliphatic carbocycles. The van der Waals surface area contributed by atoms with Crippen molar-refractivity contribution in [3.8, 4) is 5.75 Å². The van der Waals surface area contributed by atoms with Crippen molar-refractivity contribution in [1.29, 1.82) is 0 Å². The lowest BCUT2D eigenvalue weighted by atomic mass is 10.1. The molecule has 3 aromatic rings. The fourth-order valence-corrected chi connectivity index (χ4v) is 2.80. The maximum atomic E-state index is 12.2. The number of ether oxygens (including phenoxy) is 1. The Morgan fingerprint density at radius 2 is 1.81 bits per heavy atom. The standard InChI is InChI=1S/C19H18F2N4OS/c1-11-4-3-5-15-12(2)10-16(23-17(11)15)24-25-19(27)22-13-6-8-14(9-7-13)26-18(20)21/h3-10,18H,1-2H3,(H,23,24)(H2,22,25,27). The van der Waals surface area contributed by atoms with Crippen molar-refractivity contribution in [2.45, 2.75) is 20.5 Å². The first-order chi connectivity index (χ1) is 12.9. The molecule has 27 heavy (non-hydrogen) atoms. The third-order valence-electron chi connectivity index (χ3n) is 3.89. The number of hydrogen-bond acceptors (Lipinski definition) is 4. The highest BCUT2D eigenvalue weighted by atomic mass is 32.1. The normalized spacial score (nSPS) is 10.7. The van der Waals surface area contributed by atoms with E-state index in [2.05, 4.69) is 25.9 Å². The Morgan fingerprint density at radius 3 is 2.52 bits per heavy atom. The van der Waals surface area contributed by atoms with Crippen LogP contribution in [-0.2, 0) is 0 Å². The van der Waals surface area contributed by atoms with Crippen molar-refractivity contribution in [3.63, 3.8) is 0 Å². The van der Waals surface area contributed by atoms with Crippen LogP contribution in [0.25, 0.3) is 10.9 Å². The number of nitrogens with one attached hydrogen (secondary N) is 3. The van der Waals surface area contributed by atoms with Gasteiger partial charge in [0, 0.05) is 11.1 Å². The molecule has 3 rings (SSSR count). The van der Waals surface area contributed by atoms with Crippen molar-refractivity contribution < 1.29 is 13.5 Å². The molecule has 0 saturated carbocycles. The van der Waals surface area contributed by atoms with Crippen LogP contribution in [-0.4, -0.2) is 16.7 Å². The van der Waals surface area contributed by atoms with Crippen LogP contribution in [0.1, 0.15) is 11.1 Å². The maximum absolute atomic E-state index is 12.2. The van der Waals surface area contributed by atoms with Crippen LogP contribution < -0.4 is 20.9 Å². The Kier molecular flexibility index (Phi) is 5.66. The smallest absolute Gasteiger partial charge is 0.387 e. The molecular formula is C19H18F2N4OS. The molecule has 0 radical (unpaired) electrons. The van der Waals surface area contributed by atoms with E-state index >= 15 is 0 Å². The number of aromatic nitrogens is 1. The summed E-state index contributed by atoms with van der Waals surface area (Å²) in [5.41, 5.74) is 9.58. The second-order valence-corrected chi connectivity index (χ2v) is 6.31. The quantitative estimate of drug-likeness (QED) is 0.433. The number of benzene rings is 2. The van der Waals surface area contributed by atoms with Gasteiger partial charge in [0.1, 0.15) is 11.6 Å². The number of aryl methyl sites for hydroxylation is 2. The fraction of sp³-hybridized carbons (Fsp3) is 0.158. The number of pyridine rings is 1. The Labute approximate surface area is 160 Å². The highest BCUT2D eigenvalue weighted by molar-refractivity contribution is 7.80. The predicted molar refractivity (Wildman–Crippen MR) is 107 cm³/mol. The predicted octanol–water partition coefficient (Wildman–Crippen LogP) is 4.77. The highest BCUT2D eigenvalue weighted by Crippen LogP contribution is 2.22. The molecule has 0 aliphatic rings. The number of nitrogens with zero attached hydrogens (tertiary/aromatic N) is 1. The summed E-state index contributed by atoms with van der Waals surface area (Å²) in [5, 5.41) is 4.35. The van der Waals surface area contributed by atoms with Gasteiger partial charge in [0.05, 0.1) is 5.52 Å². The van der Waals surface area contributed by atoms with Crippen molar-refractivity contribution in [1.82, 2.24) is 10.4 Å². The van der Waals surface area contributed by atoms with E-state index in [-0.39, 0.29) is 5.75 Å². The van der Waals surface area contributed by atoms with Gasteiger partial charge >= 0.3 is 6.61 Å². The fourth-order valence-electron chi connectivity index (χ4n) is 2.63. The van der Waals surface area contributed by atoms with E-state index in [1.54, 1.807) is 12.1 Å². The summed E-state index contributed by atoms with van der Waals surface area (Å²) in [6, 6.07) is 14.0. The molecule has 3 N–H and O–H groups in total. The molecule has 1 heterocycles. The summed E-state index contributed by atoms with van der Waals surface area (Å²) in [7, 11) is 0. The van der Waals surface area contributed by atoms with Crippen molar-refractivity contribution in [2.75, 3.05) is 10.7 Å². The molecule has 0 fully saturated rings. The summed E-state index contributed by atoms with van der Waals surface area (Å²) in [6.45, 7) is 1.19. The van der Waals surface area contributed by atoms with Crippen LogP contribution in [0.3, 0.4) is 0 Å². The first kappa shape index (κ1) is 18.8. The molecule has 2 aromatic carbocycles. The second kappa shape index (κ2) is 8.13. The molecule has 0 amide bonds. The summed E-state index contributed by atoms with van der Waals surface area (Å²) >= 11 is 5.23. The van der Waals surface area contributed by atoms with Crippen molar-refractivity contribution in [3.05, 3.63) is 59.7 Å². The minimum absolute atomic E-state index is 0.0822. The second-order valence-electron chi connectivity index (χ2n) is 5.90. The maximum Gasteiger partial charge on any atom is 0.387 e. The molecular weight excluding hydrogens is 370 g/mol. The lowest BCUT2D eigenvalue weighted by Crippen LogP contribution is -2.33. The van der Waals surface area contributed by atoms with E-state index in [0.717, 1.165) is 22.0 Å². The summed E-state index contributed by atoms with van der Waals surface area (Å²) in [6.07, 6.45) is 0. The van der Waals surface area contributed by atoms with Gasteiger partial charge in [0.2, 0.25) is 0 Å². The van der Waals surface area contributed by atoms with Crippen LogP contribution in [0.15, 0.2) is 48.5 Å². The van der Waals surface area contributed by atoms with Crippen LogP contribution >= 0.6 is 12.2 Å². The number of anilines is 2. The minimum Gasteiger partial charge on any atom is -0.435 e. The largest absolute Gasteiger partial charge is 0.435 e. The van der Waals surface area contributed by atoms with Gasteiger partial charge in [-0.15, -0.1) is 0 Å². The summed E-state index contributed by atoms with van der Waals surface area (Å²) in [5.74, 6) is 0.720. The van der Waals surface area contributed by atoms with Gasteiger partial charge in [-0.1, -0.05) is 18.2 Å². The molecule has 0 saturated heterocycles. The number of alkyl halides is 2. The van der Waals surface area contributed by atoms with Crippen LogP contribution in [0.2, 0.25) is 0 Å².